The minimum absolute atomic E-state index is 0.312. The Hall–Kier alpha value is -3.52. The van der Waals surface area contributed by atoms with Gasteiger partial charge in [0.1, 0.15) is 5.75 Å². The minimum atomic E-state index is 0.312. The van der Waals surface area contributed by atoms with Crippen molar-refractivity contribution in [1.29, 1.82) is 0 Å². The summed E-state index contributed by atoms with van der Waals surface area (Å²) in [5, 5.41) is 0. The van der Waals surface area contributed by atoms with Gasteiger partial charge in [-0.05, 0) is 73.5 Å². The average Bonchev–Trinajstić information content (AvgIpc) is 2.82. The Labute approximate surface area is 185 Å². The molecule has 0 aliphatic carbocycles. The van der Waals surface area contributed by atoms with Gasteiger partial charge in [0, 0.05) is 23.0 Å². The van der Waals surface area contributed by atoms with E-state index in [0.717, 1.165) is 22.8 Å². The summed E-state index contributed by atoms with van der Waals surface area (Å²) in [5.74, 6) is 1.20. The topological polar surface area (TPSA) is 12.5 Å². The fourth-order valence-electron chi connectivity index (χ4n) is 3.83. The second-order valence-corrected chi connectivity index (χ2v) is 8.09. The van der Waals surface area contributed by atoms with Gasteiger partial charge in [-0.3, -0.25) is 0 Å². The van der Waals surface area contributed by atoms with Crippen LogP contribution in [0.2, 0.25) is 0 Å². The maximum atomic E-state index is 5.29. The zero-order valence-electron chi connectivity index (χ0n) is 18.7. The van der Waals surface area contributed by atoms with E-state index in [1.807, 2.05) is 12.1 Å². The molecule has 0 aliphatic heterocycles. The second kappa shape index (κ2) is 9.09. The number of aryl methyl sites for hydroxylation is 2. The van der Waals surface area contributed by atoms with Crippen LogP contribution in [0.15, 0.2) is 97.1 Å². The summed E-state index contributed by atoms with van der Waals surface area (Å²) in [5.41, 5.74) is 8.56. The summed E-state index contributed by atoms with van der Waals surface area (Å²) in [6.07, 6.45) is 0. The number of rotatable bonds is 6. The van der Waals surface area contributed by atoms with Crippen molar-refractivity contribution in [2.24, 2.45) is 0 Å². The summed E-state index contributed by atoms with van der Waals surface area (Å²) in [4.78, 5) is 2.31. The molecular formula is C29H29NO. The van der Waals surface area contributed by atoms with E-state index in [2.05, 4.69) is 111 Å². The zero-order valence-corrected chi connectivity index (χ0v) is 18.7. The molecule has 31 heavy (non-hydrogen) atoms. The predicted molar refractivity (Wildman–Crippen MR) is 131 cm³/mol. The van der Waals surface area contributed by atoms with E-state index >= 15 is 0 Å². The van der Waals surface area contributed by atoms with Crippen molar-refractivity contribution in [1.82, 2.24) is 0 Å². The fourth-order valence-corrected chi connectivity index (χ4v) is 3.83. The summed E-state index contributed by atoms with van der Waals surface area (Å²) in [6, 6.07) is 34.6. The van der Waals surface area contributed by atoms with Crippen LogP contribution < -0.4 is 9.64 Å². The molecule has 4 aromatic rings. The number of anilines is 3. The molecule has 2 nitrogen and oxygen atoms in total. The van der Waals surface area contributed by atoms with Crippen LogP contribution in [0.3, 0.4) is 0 Å². The van der Waals surface area contributed by atoms with Gasteiger partial charge in [-0.25, -0.2) is 0 Å². The number of nitrogens with zero attached hydrogens (tertiary/aromatic N) is 1. The van der Waals surface area contributed by atoms with Gasteiger partial charge in [-0.1, -0.05) is 66.6 Å². The Kier molecular flexibility index (Phi) is 6.08. The highest BCUT2D eigenvalue weighted by molar-refractivity contribution is 5.76. The summed E-state index contributed by atoms with van der Waals surface area (Å²) in [6.45, 7) is 6.49. The van der Waals surface area contributed by atoms with Crippen LogP contribution in [0.25, 0.3) is 0 Å². The molecule has 1 unspecified atom stereocenters. The van der Waals surface area contributed by atoms with Crippen molar-refractivity contribution in [2.45, 2.75) is 26.7 Å². The van der Waals surface area contributed by atoms with E-state index < -0.39 is 0 Å². The molecular weight excluding hydrogens is 378 g/mol. The second-order valence-electron chi connectivity index (χ2n) is 8.09. The predicted octanol–water partition coefficient (Wildman–Crippen LogP) is 7.93. The first-order valence-corrected chi connectivity index (χ1v) is 10.7. The Morgan fingerprint density at radius 3 is 1.29 bits per heavy atom. The van der Waals surface area contributed by atoms with Crippen molar-refractivity contribution in [3.8, 4) is 5.75 Å². The third-order valence-electron chi connectivity index (χ3n) is 5.85. The lowest BCUT2D eigenvalue weighted by molar-refractivity contribution is 0.414. The maximum Gasteiger partial charge on any atom is 0.118 e. The van der Waals surface area contributed by atoms with E-state index in [0.29, 0.717) is 5.92 Å². The van der Waals surface area contributed by atoms with Crippen LogP contribution in [0.5, 0.6) is 5.75 Å². The largest absolute Gasteiger partial charge is 0.497 e. The molecule has 0 aliphatic rings. The van der Waals surface area contributed by atoms with Gasteiger partial charge in [0.05, 0.1) is 7.11 Å². The summed E-state index contributed by atoms with van der Waals surface area (Å²) >= 11 is 0. The molecule has 0 heterocycles. The Morgan fingerprint density at radius 1 is 0.548 bits per heavy atom. The van der Waals surface area contributed by atoms with Crippen LogP contribution in [0, 0.1) is 13.8 Å². The molecule has 0 N–H and O–H groups in total. The normalized spacial score (nSPS) is 11.7. The number of methoxy groups -OCH3 is 1. The molecule has 0 spiro atoms. The standard InChI is InChI=1S/C29H29NO/c1-21-5-13-26(14-6-21)30(27-15-7-22(2)8-16-27)28-17-9-24(10-18-28)23(3)25-11-19-29(31-4)20-12-25/h5-20,23H,1-4H3. The van der Waals surface area contributed by atoms with Gasteiger partial charge in [0.25, 0.3) is 0 Å². The fraction of sp³-hybridized carbons (Fsp3) is 0.172. The number of benzene rings is 4. The Balaban J connectivity index is 1.67. The van der Waals surface area contributed by atoms with Crippen molar-refractivity contribution in [3.05, 3.63) is 119 Å². The summed E-state index contributed by atoms with van der Waals surface area (Å²) < 4.78 is 5.29. The zero-order chi connectivity index (χ0) is 21.8. The first kappa shape index (κ1) is 20.7. The molecule has 4 aromatic carbocycles. The number of hydrogen-bond donors (Lipinski definition) is 0. The van der Waals surface area contributed by atoms with Gasteiger partial charge >= 0.3 is 0 Å². The van der Waals surface area contributed by atoms with E-state index in [1.54, 1.807) is 7.11 Å². The van der Waals surface area contributed by atoms with Crippen molar-refractivity contribution in [2.75, 3.05) is 12.0 Å². The van der Waals surface area contributed by atoms with Crippen LogP contribution in [0.1, 0.15) is 35.1 Å². The molecule has 0 radical (unpaired) electrons. The monoisotopic (exact) mass is 407 g/mol. The lowest BCUT2D eigenvalue weighted by Crippen LogP contribution is -2.10. The van der Waals surface area contributed by atoms with Gasteiger partial charge in [-0.2, -0.15) is 0 Å². The lowest BCUT2D eigenvalue weighted by atomic mass is 9.93. The number of hydrogen-bond acceptors (Lipinski definition) is 2. The third kappa shape index (κ3) is 4.64. The van der Waals surface area contributed by atoms with E-state index in [1.165, 1.54) is 22.3 Å². The molecule has 4 rings (SSSR count). The molecule has 0 fully saturated rings. The maximum absolute atomic E-state index is 5.29. The van der Waals surface area contributed by atoms with Crippen molar-refractivity contribution in [3.63, 3.8) is 0 Å². The van der Waals surface area contributed by atoms with E-state index in [4.69, 9.17) is 4.74 Å². The number of ether oxygens (including phenoxy) is 1. The first-order valence-electron chi connectivity index (χ1n) is 10.7. The molecule has 0 aromatic heterocycles. The van der Waals surface area contributed by atoms with Gasteiger partial charge in [0.2, 0.25) is 0 Å². The van der Waals surface area contributed by atoms with E-state index in [9.17, 15) is 0 Å². The lowest BCUT2D eigenvalue weighted by Gasteiger charge is -2.26. The van der Waals surface area contributed by atoms with Crippen molar-refractivity contribution < 1.29 is 4.74 Å². The van der Waals surface area contributed by atoms with Crippen LogP contribution in [0.4, 0.5) is 17.1 Å². The highest BCUT2D eigenvalue weighted by Gasteiger charge is 2.14. The molecule has 0 amide bonds. The third-order valence-corrected chi connectivity index (χ3v) is 5.85. The quantitative estimate of drug-likeness (QED) is 0.322. The van der Waals surface area contributed by atoms with Crippen LogP contribution >= 0.6 is 0 Å². The molecule has 0 saturated heterocycles. The average molecular weight is 408 g/mol. The smallest absolute Gasteiger partial charge is 0.118 e. The molecule has 0 saturated carbocycles. The SMILES string of the molecule is COc1ccc(C(C)c2ccc(N(c3ccc(C)cc3)c3ccc(C)cc3)cc2)cc1. The summed E-state index contributed by atoms with van der Waals surface area (Å²) in [7, 11) is 1.70. The highest BCUT2D eigenvalue weighted by Crippen LogP contribution is 2.36. The minimum Gasteiger partial charge on any atom is -0.497 e. The van der Waals surface area contributed by atoms with Gasteiger partial charge in [0.15, 0.2) is 0 Å². The van der Waals surface area contributed by atoms with Gasteiger partial charge < -0.3 is 9.64 Å². The Bertz CT molecular complexity index is 1070. The first-order chi connectivity index (χ1) is 15.0. The van der Waals surface area contributed by atoms with Crippen LogP contribution in [-0.4, -0.2) is 7.11 Å². The molecule has 2 heteroatoms. The molecule has 0 bridgehead atoms. The molecule has 1 atom stereocenters. The molecule has 156 valence electrons. The highest BCUT2D eigenvalue weighted by atomic mass is 16.5. The van der Waals surface area contributed by atoms with Gasteiger partial charge in [-0.15, -0.1) is 0 Å². The van der Waals surface area contributed by atoms with Crippen LogP contribution in [-0.2, 0) is 0 Å². The van der Waals surface area contributed by atoms with Crippen molar-refractivity contribution >= 4 is 17.1 Å². The van der Waals surface area contributed by atoms with E-state index in [-0.39, 0.29) is 0 Å². The Morgan fingerprint density at radius 2 is 0.903 bits per heavy atom.